The third-order valence-electron chi connectivity index (χ3n) is 3.09. The van der Waals surface area contributed by atoms with Gasteiger partial charge in [-0.2, -0.15) is 0 Å². The Hall–Kier alpha value is -1.62. The van der Waals surface area contributed by atoms with E-state index in [1.54, 1.807) is 12.1 Å². The van der Waals surface area contributed by atoms with E-state index in [4.69, 9.17) is 4.74 Å². The van der Waals surface area contributed by atoms with Gasteiger partial charge < -0.3 is 15.2 Å². The summed E-state index contributed by atoms with van der Waals surface area (Å²) < 4.78 is 5.02. The highest BCUT2D eigenvalue weighted by atomic mass is 16.5. The molecule has 2 N–H and O–H groups in total. The average Bonchev–Trinajstić information content (AvgIpc) is 2.44. The fourth-order valence-electron chi connectivity index (χ4n) is 1.50. The van der Waals surface area contributed by atoms with Crippen LogP contribution in [0.1, 0.15) is 37.2 Å². The summed E-state index contributed by atoms with van der Waals surface area (Å²) in [6.07, 6.45) is 2.70. The number of pyridine rings is 1. The number of amides is 1. The number of nitrogens with zero attached hydrogens (tertiary/aromatic N) is 1. The molecule has 18 heavy (non-hydrogen) atoms. The fourth-order valence-corrected chi connectivity index (χ4v) is 1.50. The van der Waals surface area contributed by atoms with Gasteiger partial charge in [0.1, 0.15) is 11.4 Å². The normalized spacial score (nSPS) is 11.1. The van der Waals surface area contributed by atoms with Crippen LogP contribution in [0.15, 0.2) is 18.3 Å². The van der Waals surface area contributed by atoms with Crippen molar-refractivity contribution < 1.29 is 14.6 Å². The van der Waals surface area contributed by atoms with E-state index in [0.717, 1.165) is 0 Å². The van der Waals surface area contributed by atoms with Gasteiger partial charge >= 0.3 is 0 Å². The molecule has 0 spiro atoms. The second-order valence-corrected chi connectivity index (χ2v) is 4.20. The van der Waals surface area contributed by atoms with Crippen LogP contribution >= 0.6 is 0 Å². The van der Waals surface area contributed by atoms with Crippen molar-refractivity contribution in [3.63, 3.8) is 0 Å². The Morgan fingerprint density at radius 2 is 2.17 bits per heavy atom. The molecule has 5 nitrogen and oxygen atoms in total. The summed E-state index contributed by atoms with van der Waals surface area (Å²) in [5.74, 6) is 0.269. The van der Waals surface area contributed by atoms with Gasteiger partial charge in [0.05, 0.1) is 12.7 Å². The molecule has 1 heterocycles. The molecule has 5 heteroatoms. The number of hydrogen-bond acceptors (Lipinski definition) is 4. The molecule has 0 aliphatic heterocycles. The molecule has 0 bridgehead atoms. The van der Waals surface area contributed by atoms with E-state index in [1.807, 2.05) is 13.8 Å². The monoisotopic (exact) mass is 252 g/mol. The van der Waals surface area contributed by atoms with Crippen LogP contribution in [0, 0.1) is 0 Å². The molecule has 0 radical (unpaired) electrons. The van der Waals surface area contributed by atoms with Crippen LogP contribution in [-0.2, 0) is 0 Å². The molecular formula is C13H20N2O3. The second-order valence-electron chi connectivity index (χ2n) is 4.20. The van der Waals surface area contributed by atoms with Crippen LogP contribution in [0.25, 0.3) is 0 Å². The van der Waals surface area contributed by atoms with Gasteiger partial charge in [-0.25, -0.2) is 0 Å². The first-order valence-corrected chi connectivity index (χ1v) is 6.05. The van der Waals surface area contributed by atoms with Crippen molar-refractivity contribution in [1.82, 2.24) is 10.3 Å². The van der Waals surface area contributed by atoms with Crippen molar-refractivity contribution in [2.24, 2.45) is 0 Å². The number of aromatic nitrogens is 1. The summed E-state index contributed by atoms with van der Waals surface area (Å²) in [6, 6.07) is 3.23. The highest BCUT2D eigenvalue weighted by molar-refractivity contribution is 5.92. The molecule has 0 saturated carbocycles. The van der Waals surface area contributed by atoms with Crippen LogP contribution in [-0.4, -0.2) is 35.3 Å². The zero-order chi connectivity index (χ0) is 13.6. The summed E-state index contributed by atoms with van der Waals surface area (Å²) in [5, 5.41) is 12.8. The number of rotatable bonds is 6. The molecule has 1 aromatic rings. The Kier molecular flexibility index (Phi) is 5.09. The van der Waals surface area contributed by atoms with Gasteiger partial charge in [-0.3, -0.25) is 9.78 Å². The minimum atomic E-state index is -0.853. The van der Waals surface area contributed by atoms with Crippen molar-refractivity contribution in [3.8, 4) is 5.75 Å². The molecule has 0 unspecified atom stereocenters. The standard InChI is InChI=1S/C13H20N2O3/c1-4-13(17,5-2)9-15-12(16)11-8-10(18-3)6-7-14-11/h6-8,17H,4-5,9H2,1-3H3,(H,15,16). The van der Waals surface area contributed by atoms with Crippen molar-refractivity contribution in [2.75, 3.05) is 13.7 Å². The Labute approximate surface area is 107 Å². The third-order valence-corrected chi connectivity index (χ3v) is 3.09. The zero-order valence-electron chi connectivity index (χ0n) is 11.1. The maximum absolute atomic E-state index is 11.9. The maximum atomic E-state index is 11.9. The molecule has 0 aromatic carbocycles. The van der Waals surface area contributed by atoms with Gasteiger partial charge in [0.25, 0.3) is 5.91 Å². The van der Waals surface area contributed by atoms with Crippen LogP contribution in [0.4, 0.5) is 0 Å². The highest BCUT2D eigenvalue weighted by Gasteiger charge is 2.23. The lowest BCUT2D eigenvalue weighted by Crippen LogP contribution is -2.42. The van der Waals surface area contributed by atoms with E-state index >= 15 is 0 Å². The van der Waals surface area contributed by atoms with Crippen molar-refractivity contribution in [2.45, 2.75) is 32.3 Å². The molecule has 1 aromatic heterocycles. The average molecular weight is 252 g/mol. The van der Waals surface area contributed by atoms with E-state index in [9.17, 15) is 9.90 Å². The molecular weight excluding hydrogens is 232 g/mol. The Morgan fingerprint density at radius 3 is 2.72 bits per heavy atom. The minimum Gasteiger partial charge on any atom is -0.497 e. The fraction of sp³-hybridized carbons (Fsp3) is 0.538. The number of carbonyl (C=O) groups is 1. The van der Waals surface area contributed by atoms with E-state index in [1.165, 1.54) is 13.3 Å². The lowest BCUT2D eigenvalue weighted by Gasteiger charge is -2.25. The van der Waals surface area contributed by atoms with Gasteiger partial charge in [-0.05, 0) is 18.9 Å². The molecule has 100 valence electrons. The molecule has 0 atom stereocenters. The number of ether oxygens (including phenoxy) is 1. The molecule has 0 aliphatic carbocycles. The van der Waals surface area contributed by atoms with E-state index in [0.29, 0.717) is 18.6 Å². The number of nitrogens with one attached hydrogen (secondary N) is 1. The molecule has 1 amide bonds. The van der Waals surface area contributed by atoms with Gasteiger partial charge in [-0.1, -0.05) is 13.8 Å². The Bertz CT molecular complexity index is 403. The minimum absolute atomic E-state index is 0.220. The SMILES string of the molecule is CCC(O)(CC)CNC(=O)c1cc(OC)ccn1. The summed E-state index contributed by atoms with van der Waals surface area (Å²) in [6.45, 7) is 4.00. The third kappa shape index (κ3) is 3.70. The zero-order valence-corrected chi connectivity index (χ0v) is 11.1. The van der Waals surface area contributed by atoms with E-state index in [-0.39, 0.29) is 18.1 Å². The van der Waals surface area contributed by atoms with Crippen LogP contribution in [0.2, 0.25) is 0 Å². The molecule has 0 fully saturated rings. The van der Waals surface area contributed by atoms with Crippen LogP contribution in [0.3, 0.4) is 0 Å². The van der Waals surface area contributed by atoms with Gasteiger partial charge in [0.15, 0.2) is 0 Å². The largest absolute Gasteiger partial charge is 0.497 e. The lowest BCUT2D eigenvalue weighted by atomic mass is 9.97. The van der Waals surface area contributed by atoms with E-state index in [2.05, 4.69) is 10.3 Å². The smallest absolute Gasteiger partial charge is 0.270 e. The Balaban J connectivity index is 2.65. The van der Waals surface area contributed by atoms with Crippen LogP contribution < -0.4 is 10.1 Å². The first-order valence-electron chi connectivity index (χ1n) is 6.05. The summed E-state index contributed by atoms with van der Waals surface area (Å²) in [5.41, 5.74) is -0.571. The van der Waals surface area contributed by atoms with Gasteiger partial charge in [0.2, 0.25) is 0 Å². The first-order chi connectivity index (χ1) is 8.54. The predicted octanol–water partition coefficient (Wildman–Crippen LogP) is 1.37. The summed E-state index contributed by atoms with van der Waals surface area (Å²) in [4.78, 5) is 15.8. The molecule has 0 aliphatic rings. The summed E-state index contributed by atoms with van der Waals surface area (Å²) in [7, 11) is 1.53. The number of methoxy groups -OCH3 is 1. The first kappa shape index (κ1) is 14.4. The number of carbonyl (C=O) groups excluding carboxylic acids is 1. The van der Waals surface area contributed by atoms with Crippen LogP contribution in [0.5, 0.6) is 5.75 Å². The molecule has 0 saturated heterocycles. The van der Waals surface area contributed by atoms with Crippen molar-refractivity contribution >= 4 is 5.91 Å². The maximum Gasteiger partial charge on any atom is 0.270 e. The lowest BCUT2D eigenvalue weighted by molar-refractivity contribution is 0.0313. The number of hydrogen-bond donors (Lipinski definition) is 2. The molecule has 1 rings (SSSR count). The second kappa shape index (κ2) is 6.35. The Morgan fingerprint density at radius 1 is 1.50 bits per heavy atom. The van der Waals surface area contributed by atoms with E-state index < -0.39 is 5.60 Å². The van der Waals surface area contributed by atoms with Crippen molar-refractivity contribution in [1.29, 1.82) is 0 Å². The number of aliphatic hydroxyl groups is 1. The predicted molar refractivity (Wildman–Crippen MR) is 68.7 cm³/mol. The highest BCUT2D eigenvalue weighted by Crippen LogP contribution is 2.14. The van der Waals surface area contributed by atoms with Crippen molar-refractivity contribution in [3.05, 3.63) is 24.0 Å². The van der Waals surface area contributed by atoms with Gasteiger partial charge in [-0.15, -0.1) is 0 Å². The topological polar surface area (TPSA) is 71.5 Å². The summed E-state index contributed by atoms with van der Waals surface area (Å²) >= 11 is 0. The quantitative estimate of drug-likeness (QED) is 0.802. The van der Waals surface area contributed by atoms with Gasteiger partial charge in [0, 0.05) is 18.8 Å².